The van der Waals surface area contributed by atoms with Gasteiger partial charge in [0.2, 0.25) is 11.6 Å². The molecule has 1 aliphatic carbocycles. The van der Waals surface area contributed by atoms with Crippen LogP contribution in [0.4, 0.5) is 0 Å². The third-order valence-electron chi connectivity index (χ3n) is 3.47. The first-order valence-corrected chi connectivity index (χ1v) is 6.55. The van der Waals surface area contributed by atoms with Crippen LogP contribution in [0.15, 0.2) is 36.1 Å². The summed E-state index contributed by atoms with van der Waals surface area (Å²) in [6, 6.07) is 6.07. The molecule has 0 aliphatic heterocycles. The predicted octanol–water partition coefficient (Wildman–Crippen LogP) is 2.41. The van der Waals surface area contributed by atoms with Crippen molar-refractivity contribution in [3.8, 4) is 0 Å². The fourth-order valence-corrected chi connectivity index (χ4v) is 2.49. The van der Waals surface area contributed by atoms with E-state index in [9.17, 15) is 19.7 Å². The fourth-order valence-electron chi connectivity index (χ4n) is 2.49. The van der Waals surface area contributed by atoms with Crippen LogP contribution in [0.1, 0.15) is 41.0 Å². The first-order chi connectivity index (χ1) is 9.95. The summed E-state index contributed by atoms with van der Waals surface area (Å²) in [7, 11) is 0. The van der Waals surface area contributed by atoms with E-state index in [1.807, 2.05) is 0 Å². The van der Waals surface area contributed by atoms with Crippen LogP contribution in [0.3, 0.4) is 0 Å². The molecule has 0 saturated heterocycles. The topological polar surface area (TPSA) is 86.5 Å². The van der Waals surface area contributed by atoms with Crippen molar-refractivity contribution in [2.24, 2.45) is 0 Å². The summed E-state index contributed by atoms with van der Waals surface area (Å²) in [5.41, 5.74) is -1.56. The standard InChI is InChI=1S/C15H15NO5/c1-3-21-9-10(2)8-15(16(19)20)13(17)11-6-4-5-7-12(11)14(15)18/h4-7,9H,3,8H2,1-2H3. The van der Waals surface area contributed by atoms with Crippen molar-refractivity contribution in [1.29, 1.82) is 0 Å². The number of benzene rings is 1. The number of fused-ring (bicyclic) bond motifs is 1. The Bertz CT molecular complexity index is 612. The summed E-state index contributed by atoms with van der Waals surface area (Å²) < 4.78 is 5.07. The van der Waals surface area contributed by atoms with E-state index >= 15 is 0 Å². The van der Waals surface area contributed by atoms with Crippen molar-refractivity contribution in [1.82, 2.24) is 0 Å². The molecular formula is C15H15NO5. The molecule has 0 bridgehead atoms. The maximum Gasteiger partial charge on any atom is 0.348 e. The van der Waals surface area contributed by atoms with Crippen LogP contribution >= 0.6 is 0 Å². The monoisotopic (exact) mass is 289 g/mol. The molecular weight excluding hydrogens is 274 g/mol. The van der Waals surface area contributed by atoms with Crippen molar-refractivity contribution < 1.29 is 19.2 Å². The van der Waals surface area contributed by atoms with Gasteiger partial charge in [-0.25, -0.2) is 0 Å². The van der Waals surface area contributed by atoms with E-state index in [2.05, 4.69) is 0 Å². The van der Waals surface area contributed by atoms with Crippen molar-refractivity contribution in [2.75, 3.05) is 6.61 Å². The van der Waals surface area contributed by atoms with Gasteiger partial charge in [-0.2, -0.15) is 0 Å². The molecule has 1 aromatic carbocycles. The molecule has 0 saturated carbocycles. The Hall–Kier alpha value is -2.50. The first-order valence-electron chi connectivity index (χ1n) is 6.55. The number of Topliss-reactive ketones (excluding diaryl/α,β-unsaturated/α-hetero) is 2. The van der Waals surface area contributed by atoms with Gasteiger partial charge in [-0.15, -0.1) is 0 Å². The molecule has 1 aromatic rings. The average Bonchev–Trinajstić information content (AvgIpc) is 2.68. The van der Waals surface area contributed by atoms with Crippen molar-refractivity contribution in [3.63, 3.8) is 0 Å². The highest BCUT2D eigenvalue weighted by molar-refractivity contribution is 6.32. The fraction of sp³-hybridized carbons (Fsp3) is 0.333. The van der Waals surface area contributed by atoms with Gasteiger partial charge in [-0.05, 0) is 19.4 Å². The molecule has 0 aromatic heterocycles. The molecule has 2 rings (SSSR count). The molecule has 0 spiro atoms. The number of ether oxygens (including phenoxy) is 1. The summed E-state index contributed by atoms with van der Waals surface area (Å²) in [6.07, 6.45) is 1.07. The number of ketones is 2. The number of rotatable bonds is 5. The minimum atomic E-state index is -2.26. The Morgan fingerprint density at radius 2 is 1.81 bits per heavy atom. The molecule has 0 heterocycles. The summed E-state index contributed by atoms with van der Waals surface area (Å²) in [4.78, 5) is 35.6. The Morgan fingerprint density at radius 1 is 1.29 bits per heavy atom. The van der Waals surface area contributed by atoms with E-state index in [0.717, 1.165) is 0 Å². The van der Waals surface area contributed by atoms with Gasteiger partial charge in [0.1, 0.15) is 0 Å². The van der Waals surface area contributed by atoms with Crippen molar-refractivity contribution in [3.05, 3.63) is 57.3 Å². The van der Waals surface area contributed by atoms with E-state index in [0.29, 0.717) is 12.2 Å². The van der Waals surface area contributed by atoms with E-state index < -0.39 is 22.0 Å². The second-order valence-electron chi connectivity index (χ2n) is 4.92. The summed E-state index contributed by atoms with van der Waals surface area (Å²) in [5, 5.41) is 11.5. The largest absolute Gasteiger partial charge is 0.502 e. The Labute approximate surface area is 121 Å². The maximum atomic E-state index is 12.4. The van der Waals surface area contributed by atoms with Crippen LogP contribution in [-0.4, -0.2) is 28.6 Å². The third kappa shape index (κ3) is 2.22. The zero-order chi connectivity index (χ0) is 15.6. The van der Waals surface area contributed by atoms with Crippen LogP contribution in [0.2, 0.25) is 0 Å². The number of hydrogen-bond acceptors (Lipinski definition) is 5. The van der Waals surface area contributed by atoms with E-state index in [1.165, 1.54) is 18.4 Å². The van der Waals surface area contributed by atoms with Crippen LogP contribution in [0.5, 0.6) is 0 Å². The SMILES string of the molecule is CCOC=C(C)CC1([N+](=O)[O-])C(=O)c2ccccc2C1=O. The van der Waals surface area contributed by atoms with E-state index in [1.54, 1.807) is 26.0 Å². The molecule has 0 radical (unpaired) electrons. The molecule has 6 nitrogen and oxygen atoms in total. The maximum absolute atomic E-state index is 12.4. The quantitative estimate of drug-likeness (QED) is 0.359. The number of nitro groups is 1. The number of carbonyl (C=O) groups is 2. The van der Waals surface area contributed by atoms with Crippen LogP contribution in [0.25, 0.3) is 0 Å². The van der Waals surface area contributed by atoms with Gasteiger partial charge in [0.15, 0.2) is 0 Å². The van der Waals surface area contributed by atoms with Gasteiger partial charge in [0, 0.05) is 16.1 Å². The smallest absolute Gasteiger partial charge is 0.348 e. The molecule has 6 heteroatoms. The van der Waals surface area contributed by atoms with E-state index in [-0.39, 0.29) is 17.5 Å². The van der Waals surface area contributed by atoms with Gasteiger partial charge in [-0.1, -0.05) is 24.3 Å². The predicted molar refractivity (Wildman–Crippen MR) is 74.8 cm³/mol. The van der Waals surface area contributed by atoms with Gasteiger partial charge in [-0.3, -0.25) is 19.7 Å². The van der Waals surface area contributed by atoms with Crippen molar-refractivity contribution >= 4 is 11.6 Å². The van der Waals surface area contributed by atoms with Gasteiger partial charge >= 0.3 is 5.54 Å². The Kier molecular flexibility index (Phi) is 3.88. The molecule has 21 heavy (non-hydrogen) atoms. The second kappa shape index (κ2) is 5.47. The highest BCUT2D eigenvalue weighted by atomic mass is 16.6. The molecule has 110 valence electrons. The number of carbonyl (C=O) groups excluding carboxylic acids is 2. The Balaban J connectivity index is 2.49. The normalized spacial score (nSPS) is 16.8. The Morgan fingerprint density at radius 3 is 2.24 bits per heavy atom. The highest BCUT2D eigenvalue weighted by Gasteiger charge is 2.63. The molecule has 1 aliphatic rings. The lowest BCUT2D eigenvalue weighted by Gasteiger charge is -2.17. The lowest BCUT2D eigenvalue weighted by atomic mass is 9.87. The minimum Gasteiger partial charge on any atom is -0.502 e. The summed E-state index contributed by atoms with van der Waals surface area (Å²) >= 11 is 0. The van der Waals surface area contributed by atoms with E-state index in [4.69, 9.17) is 4.74 Å². The zero-order valence-corrected chi connectivity index (χ0v) is 11.8. The van der Waals surface area contributed by atoms with Gasteiger partial charge in [0.05, 0.1) is 19.3 Å². The molecule has 0 fully saturated rings. The van der Waals surface area contributed by atoms with Crippen LogP contribution in [0, 0.1) is 10.1 Å². The molecule has 0 amide bonds. The molecule has 0 N–H and O–H groups in total. The number of hydrogen-bond donors (Lipinski definition) is 0. The van der Waals surface area contributed by atoms with Crippen LogP contribution in [-0.2, 0) is 4.74 Å². The van der Waals surface area contributed by atoms with Gasteiger partial charge < -0.3 is 4.74 Å². The average molecular weight is 289 g/mol. The summed E-state index contributed by atoms with van der Waals surface area (Å²) in [5.74, 6) is -1.50. The zero-order valence-electron chi connectivity index (χ0n) is 11.8. The summed E-state index contributed by atoms with van der Waals surface area (Å²) in [6.45, 7) is 3.78. The minimum absolute atomic E-state index is 0.114. The lowest BCUT2D eigenvalue weighted by Crippen LogP contribution is -2.49. The molecule has 0 atom stereocenters. The molecule has 0 unspecified atom stereocenters. The second-order valence-corrected chi connectivity index (χ2v) is 4.92. The lowest BCUT2D eigenvalue weighted by molar-refractivity contribution is -0.529. The first kappa shape index (κ1) is 14.9. The van der Waals surface area contributed by atoms with Crippen LogP contribution < -0.4 is 0 Å². The number of nitrogens with zero attached hydrogens (tertiary/aromatic N) is 1. The highest BCUT2D eigenvalue weighted by Crippen LogP contribution is 2.36. The van der Waals surface area contributed by atoms with Crippen molar-refractivity contribution in [2.45, 2.75) is 25.8 Å². The third-order valence-corrected chi connectivity index (χ3v) is 3.47. The van der Waals surface area contributed by atoms with Gasteiger partial charge in [0.25, 0.3) is 0 Å².